The zero-order valence-electron chi connectivity index (χ0n) is 16.7. The number of aryl methyl sites for hydroxylation is 1. The number of rotatable bonds is 3. The first-order valence-corrected chi connectivity index (χ1v) is 10.5. The van der Waals surface area contributed by atoms with Crippen LogP contribution in [0.3, 0.4) is 0 Å². The van der Waals surface area contributed by atoms with Gasteiger partial charge in [-0.25, -0.2) is 22.1 Å². The number of nitrogens with zero attached hydrogens (tertiary/aromatic N) is 4. The van der Waals surface area contributed by atoms with Gasteiger partial charge in [0.15, 0.2) is 0 Å². The first-order chi connectivity index (χ1) is 14.2. The Morgan fingerprint density at radius 2 is 1.97 bits per heavy atom. The molecule has 0 unspecified atom stereocenters. The zero-order valence-corrected chi connectivity index (χ0v) is 17.5. The second kappa shape index (κ2) is 8.38. The summed E-state index contributed by atoms with van der Waals surface area (Å²) in [5, 5.41) is 9.36. The summed E-state index contributed by atoms with van der Waals surface area (Å²) in [5.41, 5.74) is -0.0188. The minimum atomic E-state index is -4.18. The fraction of sp³-hybridized carbons (Fsp3) is 0.389. The first kappa shape index (κ1) is 21.7. The molecule has 3 rings (SSSR count). The first-order valence-electron chi connectivity index (χ1n) is 9.04. The third-order valence-corrected chi connectivity index (χ3v) is 6.89. The van der Waals surface area contributed by atoms with Crippen LogP contribution in [0, 0.1) is 24.0 Å². The topological polar surface area (TPSA) is 112 Å². The van der Waals surface area contributed by atoms with Crippen molar-refractivity contribution in [3.05, 3.63) is 47.2 Å². The number of hydrogen-bond acceptors (Lipinski definition) is 7. The Bertz CT molecular complexity index is 1070. The Morgan fingerprint density at radius 3 is 2.63 bits per heavy atom. The van der Waals surface area contributed by atoms with Gasteiger partial charge in [-0.15, -0.1) is 0 Å². The van der Waals surface area contributed by atoms with Crippen LogP contribution in [0.25, 0.3) is 0 Å². The molecule has 0 spiro atoms. The van der Waals surface area contributed by atoms with Gasteiger partial charge in [0.1, 0.15) is 11.1 Å². The summed E-state index contributed by atoms with van der Waals surface area (Å²) in [6.45, 7) is 1.60. The van der Waals surface area contributed by atoms with Crippen LogP contribution >= 0.6 is 0 Å². The minimum absolute atomic E-state index is 0.0276. The summed E-state index contributed by atoms with van der Waals surface area (Å²) >= 11 is 0. The minimum Gasteiger partial charge on any atom is -0.479 e. The number of halogens is 2. The Labute approximate surface area is 173 Å². The molecule has 1 aliphatic rings. The average Bonchev–Trinajstić information content (AvgIpc) is 2.75. The highest BCUT2D eigenvalue weighted by atomic mass is 32.2. The number of anilines is 1. The van der Waals surface area contributed by atoms with E-state index in [1.807, 2.05) is 0 Å². The number of benzene rings is 1. The molecule has 2 aromatic rings. The van der Waals surface area contributed by atoms with Crippen LogP contribution < -0.4 is 15.0 Å². The van der Waals surface area contributed by atoms with Crippen LogP contribution in [-0.2, 0) is 10.0 Å². The van der Waals surface area contributed by atoms with Gasteiger partial charge in [-0.2, -0.15) is 9.37 Å². The molecule has 1 aromatic carbocycles. The fourth-order valence-corrected chi connectivity index (χ4v) is 4.68. The van der Waals surface area contributed by atoms with Gasteiger partial charge in [0.25, 0.3) is 5.88 Å². The Kier molecular flexibility index (Phi) is 6.06. The SMILES string of the molecule is COc1nc(N2CCNC(=N)N(C)S(=O)(=O)[C@@H](c3ccccc3F)C2)nc(C)c1F. The molecule has 1 atom stereocenters. The molecule has 30 heavy (non-hydrogen) atoms. The van der Waals surface area contributed by atoms with Gasteiger partial charge in [0.2, 0.25) is 27.7 Å². The molecule has 1 fully saturated rings. The van der Waals surface area contributed by atoms with Crippen LogP contribution in [0.4, 0.5) is 14.7 Å². The maximum atomic E-state index is 14.6. The molecule has 9 nitrogen and oxygen atoms in total. The zero-order chi connectivity index (χ0) is 22.1. The second-order valence-electron chi connectivity index (χ2n) is 6.68. The lowest BCUT2D eigenvalue weighted by atomic mass is 10.1. The van der Waals surface area contributed by atoms with Gasteiger partial charge in [0.05, 0.1) is 12.8 Å². The monoisotopic (exact) mass is 440 g/mol. The number of methoxy groups -OCH3 is 1. The highest BCUT2D eigenvalue weighted by molar-refractivity contribution is 7.89. The molecule has 0 radical (unpaired) electrons. The molecular formula is C18H22F2N6O3S. The molecule has 0 bridgehead atoms. The van der Waals surface area contributed by atoms with Gasteiger partial charge < -0.3 is 15.0 Å². The highest BCUT2D eigenvalue weighted by Crippen LogP contribution is 2.30. The standard InChI is InChI=1S/C18H22F2N6O3S/c1-11-15(20)16(29-3)24-18(23-11)26-9-8-22-17(21)25(2)30(27,28)14(10-26)12-6-4-5-7-13(12)19/h4-7,14H,8-10H2,1-3H3,(H2,21,22)/t14-/m1/s1. The van der Waals surface area contributed by atoms with Crippen molar-refractivity contribution in [1.29, 1.82) is 5.41 Å². The van der Waals surface area contributed by atoms with Crippen molar-refractivity contribution in [2.45, 2.75) is 12.2 Å². The van der Waals surface area contributed by atoms with Gasteiger partial charge >= 0.3 is 0 Å². The highest BCUT2D eigenvalue weighted by Gasteiger charge is 2.37. The van der Waals surface area contributed by atoms with E-state index in [9.17, 15) is 17.2 Å². The molecule has 12 heteroatoms. The Balaban J connectivity index is 2.14. The molecule has 1 saturated heterocycles. The van der Waals surface area contributed by atoms with Crippen molar-refractivity contribution < 1.29 is 21.9 Å². The number of guanidine groups is 1. The number of nitrogens with one attached hydrogen (secondary N) is 2. The van der Waals surface area contributed by atoms with Crippen molar-refractivity contribution in [2.24, 2.45) is 0 Å². The lowest BCUT2D eigenvalue weighted by Crippen LogP contribution is -2.43. The van der Waals surface area contributed by atoms with Gasteiger partial charge in [-0.3, -0.25) is 5.41 Å². The van der Waals surface area contributed by atoms with Crippen molar-refractivity contribution >= 4 is 21.9 Å². The van der Waals surface area contributed by atoms with Gasteiger partial charge in [-0.1, -0.05) is 18.2 Å². The molecule has 0 amide bonds. The van der Waals surface area contributed by atoms with Crippen LogP contribution in [0.15, 0.2) is 24.3 Å². The molecule has 0 aliphatic carbocycles. The van der Waals surface area contributed by atoms with E-state index in [0.717, 1.165) is 4.31 Å². The predicted octanol–water partition coefficient (Wildman–Crippen LogP) is 1.42. The molecule has 2 heterocycles. The molecule has 0 saturated carbocycles. The van der Waals surface area contributed by atoms with Crippen LogP contribution in [-0.4, -0.2) is 62.4 Å². The second-order valence-corrected chi connectivity index (χ2v) is 8.82. The van der Waals surface area contributed by atoms with Crippen molar-refractivity contribution in [1.82, 2.24) is 19.6 Å². The number of ether oxygens (including phenoxy) is 1. The van der Waals surface area contributed by atoms with Crippen molar-refractivity contribution in [2.75, 3.05) is 38.7 Å². The van der Waals surface area contributed by atoms with E-state index in [4.69, 9.17) is 10.1 Å². The molecule has 1 aromatic heterocycles. The molecular weight excluding hydrogens is 418 g/mol. The Hall–Kier alpha value is -3.02. The number of sulfonamides is 1. The van der Waals surface area contributed by atoms with E-state index >= 15 is 0 Å². The van der Waals surface area contributed by atoms with Gasteiger partial charge in [0, 0.05) is 32.2 Å². The third kappa shape index (κ3) is 3.99. The quantitative estimate of drug-likeness (QED) is 0.742. The fourth-order valence-electron chi connectivity index (χ4n) is 3.10. The van der Waals surface area contributed by atoms with Gasteiger partial charge in [-0.05, 0) is 13.0 Å². The maximum Gasteiger partial charge on any atom is 0.255 e. The van der Waals surface area contributed by atoms with E-state index in [1.165, 1.54) is 50.2 Å². The van der Waals surface area contributed by atoms with Crippen LogP contribution in [0.1, 0.15) is 16.5 Å². The lowest BCUT2D eigenvalue weighted by Gasteiger charge is -2.29. The summed E-state index contributed by atoms with van der Waals surface area (Å²) in [6.07, 6.45) is 0. The smallest absolute Gasteiger partial charge is 0.255 e. The average molecular weight is 440 g/mol. The normalized spacial score (nSPS) is 19.5. The Morgan fingerprint density at radius 1 is 1.27 bits per heavy atom. The number of hydrogen-bond donors (Lipinski definition) is 2. The van der Waals surface area contributed by atoms with Crippen LogP contribution in [0.5, 0.6) is 5.88 Å². The molecule has 2 N–H and O–H groups in total. The van der Waals surface area contributed by atoms with Crippen molar-refractivity contribution in [3.63, 3.8) is 0 Å². The van der Waals surface area contributed by atoms with Crippen LogP contribution in [0.2, 0.25) is 0 Å². The van der Waals surface area contributed by atoms with Crippen molar-refractivity contribution in [3.8, 4) is 5.88 Å². The maximum absolute atomic E-state index is 14.6. The third-order valence-electron chi connectivity index (χ3n) is 4.82. The van der Waals surface area contributed by atoms with E-state index in [2.05, 4.69) is 15.3 Å². The van der Waals surface area contributed by atoms with E-state index < -0.39 is 26.9 Å². The lowest BCUT2D eigenvalue weighted by molar-refractivity contribution is 0.365. The summed E-state index contributed by atoms with van der Waals surface area (Å²) in [4.78, 5) is 9.67. The summed E-state index contributed by atoms with van der Waals surface area (Å²) in [6, 6.07) is 5.56. The summed E-state index contributed by atoms with van der Waals surface area (Å²) < 4.78 is 60.9. The van der Waals surface area contributed by atoms with E-state index in [-0.39, 0.29) is 48.7 Å². The molecule has 162 valence electrons. The van der Waals surface area contributed by atoms with E-state index in [1.54, 1.807) is 0 Å². The summed E-state index contributed by atoms with van der Waals surface area (Å²) in [7, 11) is -1.69. The molecule has 1 aliphatic heterocycles. The largest absolute Gasteiger partial charge is 0.479 e. The van der Waals surface area contributed by atoms with E-state index in [0.29, 0.717) is 0 Å². The summed E-state index contributed by atoms with van der Waals surface area (Å²) in [5.74, 6) is -1.98. The predicted molar refractivity (Wildman–Crippen MR) is 107 cm³/mol. The number of aromatic nitrogens is 2.